The molecule has 3 N–H and O–H groups in total. The Hall–Kier alpha value is -2.05. The first kappa shape index (κ1) is 17.0. The number of hydrogen-bond acceptors (Lipinski definition) is 4. The molecule has 0 spiro atoms. The van der Waals surface area contributed by atoms with Gasteiger partial charge in [0.2, 0.25) is 0 Å². The van der Waals surface area contributed by atoms with E-state index in [0.29, 0.717) is 5.69 Å². The van der Waals surface area contributed by atoms with E-state index in [9.17, 15) is 14.7 Å². The van der Waals surface area contributed by atoms with Gasteiger partial charge < -0.3 is 15.2 Å². The highest BCUT2D eigenvalue weighted by Crippen LogP contribution is 2.33. The number of carboxylic acids is 1. The van der Waals surface area contributed by atoms with Crippen LogP contribution in [-0.4, -0.2) is 33.0 Å². The largest absolute Gasteiger partial charge is 0.478 e. The highest BCUT2D eigenvalue weighted by molar-refractivity contribution is 5.89. The molecule has 1 aromatic heterocycles. The zero-order valence-electron chi connectivity index (χ0n) is 13.3. The fourth-order valence-electron chi connectivity index (χ4n) is 1.83. The van der Waals surface area contributed by atoms with Gasteiger partial charge in [0.25, 0.3) is 0 Å². The number of aromatic amines is 1. The number of carboxylic acid groups (broad SMARTS) is 1. The summed E-state index contributed by atoms with van der Waals surface area (Å²) in [6, 6.07) is -0.569. The third kappa shape index (κ3) is 4.77. The van der Waals surface area contributed by atoms with E-state index in [1.165, 1.54) is 6.20 Å². The molecule has 0 saturated heterocycles. The van der Waals surface area contributed by atoms with Gasteiger partial charge in [-0.1, -0.05) is 20.8 Å². The number of aromatic nitrogens is 2. The van der Waals surface area contributed by atoms with Gasteiger partial charge in [0, 0.05) is 0 Å². The van der Waals surface area contributed by atoms with Crippen LogP contribution >= 0.6 is 0 Å². The Kier molecular flexibility index (Phi) is 4.65. The van der Waals surface area contributed by atoms with Crippen molar-refractivity contribution in [3.05, 3.63) is 17.5 Å². The van der Waals surface area contributed by atoms with Crippen molar-refractivity contribution in [1.82, 2.24) is 15.5 Å². The summed E-state index contributed by atoms with van der Waals surface area (Å²) in [6.07, 6.45) is 0.626. The molecule has 7 heteroatoms. The van der Waals surface area contributed by atoms with Crippen molar-refractivity contribution in [1.29, 1.82) is 0 Å². The molecule has 0 aromatic carbocycles. The minimum absolute atomic E-state index is 0.0333. The van der Waals surface area contributed by atoms with Gasteiger partial charge >= 0.3 is 12.1 Å². The van der Waals surface area contributed by atoms with Crippen LogP contribution in [0.25, 0.3) is 0 Å². The standard InChI is InChI=1S/C14H23N3O4/c1-13(2,3)10(16-12(20)21-14(4,5)6)9-8(11(18)19)7-15-17-9/h7,10H,1-6H3,(H,15,17)(H,16,20)(H,18,19). The highest BCUT2D eigenvalue weighted by Gasteiger charge is 2.33. The Morgan fingerprint density at radius 2 is 1.86 bits per heavy atom. The van der Waals surface area contributed by atoms with Crippen molar-refractivity contribution in [3.63, 3.8) is 0 Å². The van der Waals surface area contributed by atoms with E-state index in [1.807, 2.05) is 20.8 Å². The Bertz CT molecular complexity index is 523. The second-order valence-electron chi connectivity index (χ2n) is 6.95. The van der Waals surface area contributed by atoms with Crippen molar-refractivity contribution in [2.75, 3.05) is 0 Å². The van der Waals surface area contributed by atoms with E-state index in [4.69, 9.17) is 4.74 Å². The molecule has 1 atom stereocenters. The number of H-pyrrole nitrogens is 1. The molecule has 0 saturated carbocycles. The van der Waals surface area contributed by atoms with Gasteiger partial charge in [-0.25, -0.2) is 9.59 Å². The molecule has 0 radical (unpaired) electrons. The van der Waals surface area contributed by atoms with Gasteiger partial charge in [0.05, 0.1) is 17.9 Å². The first-order valence-electron chi connectivity index (χ1n) is 6.68. The predicted octanol–water partition coefficient (Wildman–Crippen LogP) is 2.72. The fraction of sp³-hybridized carbons (Fsp3) is 0.643. The maximum absolute atomic E-state index is 12.0. The maximum Gasteiger partial charge on any atom is 0.408 e. The van der Waals surface area contributed by atoms with Crippen LogP contribution in [0.15, 0.2) is 6.20 Å². The van der Waals surface area contributed by atoms with E-state index >= 15 is 0 Å². The van der Waals surface area contributed by atoms with E-state index in [2.05, 4.69) is 15.5 Å². The first-order valence-corrected chi connectivity index (χ1v) is 6.68. The fourth-order valence-corrected chi connectivity index (χ4v) is 1.83. The molecule has 21 heavy (non-hydrogen) atoms. The molecule has 1 amide bonds. The summed E-state index contributed by atoms with van der Waals surface area (Å²) >= 11 is 0. The van der Waals surface area contributed by atoms with Crippen molar-refractivity contribution >= 4 is 12.1 Å². The number of nitrogens with one attached hydrogen (secondary N) is 2. The molecule has 0 fully saturated rings. The minimum Gasteiger partial charge on any atom is -0.478 e. The summed E-state index contributed by atoms with van der Waals surface area (Å²) in [5.41, 5.74) is -0.670. The number of alkyl carbamates (subject to hydrolysis) is 1. The minimum atomic E-state index is -1.10. The number of nitrogens with zero attached hydrogens (tertiary/aromatic N) is 1. The topological polar surface area (TPSA) is 104 Å². The van der Waals surface area contributed by atoms with Crippen LogP contribution in [0.2, 0.25) is 0 Å². The molecular formula is C14H23N3O4. The summed E-state index contributed by atoms with van der Waals surface area (Å²) in [7, 11) is 0. The molecule has 0 aliphatic heterocycles. The monoisotopic (exact) mass is 297 g/mol. The van der Waals surface area contributed by atoms with E-state index in [-0.39, 0.29) is 5.56 Å². The van der Waals surface area contributed by atoms with E-state index < -0.39 is 29.1 Å². The Labute approximate surface area is 124 Å². The lowest BCUT2D eigenvalue weighted by atomic mass is 9.83. The molecule has 0 aliphatic rings. The van der Waals surface area contributed by atoms with Crippen LogP contribution in [0.5, 0.6) is 0 Å². The second kappa shape index (κ2) is 5.75. The Morgan fingerprint density at radius 3 is 2.29 bits per heavy atom. The average molecular weight is 297 g/mol. The number of carbonyl (C=O) groups is 2. The number of carbonyl (C=O) groups excluding carboxylic acids is 1. The van der Waals surface area contributed by atoms with Crippen molar-refractivity contribution < 1.29 is 19.4 Å². The van der Waals surface area contributed by atoms with Gasteiger partial charge in [-0.15, -0.1) is 0 Å². The average Bonchev–Trinajstić information content (AvgIpc) is 2.69. The number of ether oxygens (including phenoxy) is 1. The van der Waals surface area contributed by atoms with Gasteiger partial charge in [-0.2, -0.15) is 5.10 Å². The molecule has 1 rings (SSSR count). The van der Waals surface area contributed by atoms with Crippen LogP contribution < -0.4 is 5.32 Å². The van der Waals surface area contributed by atoms with E-state index in [0.717, 1.165) is 0 Å². The maximum atomic E-state index is 12.0. The van der Waals surface area contributed by atoms with Crippen molar-refractivity contribution in [3.8, 4) is 0 Å². The molecule has 1 aromatic rings. The molecule has 1 heterocycles. The molecule has 118 valence electrons. The van der Waals surface area contributed by atoms with Gasteiger partial charge in [-0.3, -0.25) is 5.10 Å². The zero-order valence-corrected chi connectivity index (χ0v) is 13.3. The van der Waals surface area contributed by atoms with Gasteiger partial charge in [0.15, 0.2) is 0 Å². The summed E-state index contributed by atoms with van der Waals surface area (Å²) in [5, 5.41) is 18.3. The summed E-state index contributed by atoms with van der Waals surface area (Å²) < 4.78 is 5.23. The van der Waals surface area contributed by atoms with Crippen LogP contribution in [0.1, 0.15) is 63.6 Å². The molecule has 0 aliphatic carbocycles. The first-order chi connectivity index (χ1) is 9.42. The van der Waals surface area contributed by atoms with Crippen LogP contribution in [-0.2, 0) is 4.74 Å². The molecule has 0 bridgehead atoms. The summed E-state index contributed by atoms with van der Waals surface area (Å²) in [4.78, 5) is 23.2. The SMILES string of the molecule is CC(C)(C)OC(=O)NC(c1[nH]ncc1C(=O)O)C(C)(C)C. The highest BCUT2D eigenvalue weighted by atomic mass is 16.6. The quantitative estimate of drug-likeness (QED) is 0.795. The smallest absolute Gasteiger partial charge is 0.408 e. The Morgan fingerprint density at radius 1 is 1.29 bits per heavy atom. The number of rotatable bonds is 3. The number of hydrogen-bond donors (Lipinski definition) is 3. The zero-order chi connectivity index (χ0) is 16.4. The predicted molar refractivity (Wildman–Crippen MR) is 77.1 cm³/mol. The number of amides is 1. The van der Waals surface area contributed by atoms with Gasteiger partial charge in [-0.05, 0) is 26.2 Å². The normalized spacial score (nSPS) is 13.6. The summed E-state index contributed by atoms with van der Waals surface area (Å²) in [5.74, 6) is -1.10. The lowest BCUT2D eigenvalue weighted by molar-refractivity contribution is 0.0456. The molecule has 7 nitrogen and oxygen atoms in total. The Balaban J connectivity index is 3.06. The van der Waals surface area contributed by atoms with E-state index in [1.54, 1.807) is 20.8 Å². The third-order valence-electron chi connectivity index (χ3n) is 2.72. The lowest BCUT2D eigenvalue weighted by Crippen LogP contribution is -2.40. The van der Waals surface area contributed by atoms with Gasteiger partial charge in [0.1, 0.15) is 11.2 Å². The van der Waals surface area contributed by atoms with Crippen molar-refractivity contribution in [2.24, 2.45) is 5.41 Å². The van der Waals surface area contributed by atoms with Crippen LogP contribution in [0.4, 0.5) is 4.79 Å². The summed E-state index contributed by atoms with van der Waals surface area (Å²) in [6.45, 7) is 11.0. The molecular weight excluding hydrogens is 274 g/mol. The van der Waals surface area contributed by atoms with Crippen molar-refractivity contribution in [2.45, 2.75) is 53.2 Å². The number of aromatic carboxylic acids is 1. The van der Waals surface area contributed by atoms with Crippen LogP contribution in [0.3, 0.4) is 0 Å². The third-order valence-corrected chi connectivity index (χ3v) is 2.72. The second-order valence-corrected chi connectivity index (χ2v) is 6.95. The lowest BCUT2D eigenvalue weighted by Gasteiger charge is -2.32. The van der Waals surface area contributed by atoms with Crippen LogP contribution in [0, 0.1) is 5.41 Å². The molecule has 1 unspecified atom stereocenters.